The van der Waals surface area contributed by atoms with Gasteiger partial charge in [-0.15, -0.1) is 0 Å². The van der Waals surface area contributed by atoms with Crippen LogP contribution in [0.5, 0.6) is 0 Å². The second kappa shape index (κ2) is 4.51. The largest absolute Gasteiger partial charge is 0.0848 e. The molecule has 2 rings (SSSR count). The van der Waals surface area contributed by atoms with Gasteiger partial charge in [0.25, 0.3) is 0 Å². The molecule has 80 valence electrons. The van der Waals surface area contributed by atoms with Gasteiger partial charge in [0.05, 0.1) is 0 Å². The molecule has 0 aromatic heterocycles. The molecular formula is C14H24. The first-order chi connectivity index (χ1) is 6.87. The average molecular weight is 192 g/mol. The summed E-state index contributed by atoms with van der Waals surface area (Å²) in [5.41, 5.74) is 2.55. The van der Waals surface area contributed by atoms with Gasteiger partial charge in [0, 0.05) is 0 Å². The van der Waals surface area contributed by atoms with E-state index in [1.54, 1.807) is 0 Å². The van der Waals surface area contributed by atoms with E-state index in [4.69, 9.17) is 0 Å². The van der Waals surface area contributed by atoms with Crippen LogP contribution in [0.25, 0.3) is 0 Å². The molecule has 2 aliphatic carbocycles. The fourth-order valence-electron chi connectivity index (χ4n) is 3.45. The van der Waals surface area contributed by atoms with Crippen molar-refractivity contribution >= 4 is 0 Å². The summed E-state index contributed by atoms with van der Waals surface area (Å²) in [6.45, 7) is 2.31. The van der Waals surface area contributed by atoms with E-state index in [1.807, 2.05) is 5.57 Å². The Bertz CT molecular complexity index is 206. The van der Waals surface area contributed by atoms with Crippen LogP contribution in [0.1, 0.15) is 71.1 Å². The molecule has 0 atom stereocenters. The number of allylic oxidation sites excluding steroid dienone is 2. The van der Waals surface area contributed by atoms with Crippen LogP contribution in [-0.2, 0) is 0 Å². The Morgan fingerprint density at radius 2 is 1.86 bits per heavy atom. The van der Waals surface area contributed by atoms with Crippen molar-refractivity contribution in [2.45, 2.75) is 71.1 Å². The first-order valence-corrected chi connectivity index (χ1v) is 6.57. The summed E-state index contributed by atoms with van der Waals surface area (Å²) in [7, 11) is 0. The minimum Gasteiger partial charge on any atom is -0.0848 e. The molecule has 0 heteroatoms. The van der Waals surface area contributed by atoms with Crippen LogP contribution in [0.2, 0.25) is 0 Å². The van der Waals surface area contributed by atoms with Gasteiger partial charge in [0.2, 0.25) is 0 Å². The number of unbranched alkanes of at least 4 members (excludes halogenated alkanes) is 1. The van der Waals surface area contributed by atoms with E-state index in [2.05, 4.69) is 13.0 Å². The maximum atomic E-state index is 2.59. The predicted octanol–water partition coefficient (Wildman–Crippen LogP) is 4.85. The van der Waals surface area contributed by atoms with E-state index in [0.29, 0.717) is 5.41 Å². The molecule has 1 fully saturated rings. The lowest BCUT2D eigenvalue weighted by atomic mass is 9.70. The smallest absolute Gasteiger partial charge is 0.00880 e. The van der Waals surface area contributed by atoms with Crippen molar-refractivity contribution in [1.82, 2.24) is 0 Å². The van der Waals surface area contributed by atoms with Crippen LogP contribution in [0.15, 0.2) is 11.6 Å². The second-order valence-electron chi connectivity index (χ2n) is 5.21. The van der Waals surface area contributed by atoms with Crippen molar-refractivity contribution in [1.29, 1.82) is 0 Å². The summed E-state index contributed by atoms with van der Waals surface area (Å²) >= 11 is 0. The van der Waals surface area contributed by atoms with Crippen molar-refractivity contribution in [3.05, 3.63) is 11.6 Å². The van der Waals surface area contributed by atoms with Crippen molar-refractivity contribution in [2.75, 3.05) is 0 Å². The first-order valence-electron chi connectivity index (χ1n) is 6.57. The Morgan fingerprint density at radius 1 is 1.14 bits per heavy atom. The summed E-state index contributed by atoms with van der Waals surface area (Å²) < 4.78 is 0. The molecule has 0 nitrogen and oxygen atoms in total. The van der Waals surface area contributed by atoms with E-state index < -0.39 is 0 Å². The lowest BCUT2D eigenvalue weighted by molar-refractivity contribution is 0.300. The van der Waals surface area contributed by atoms with Crippen LogP contribution < -0.4 is 0 Å². The molecule has 0 heterocycles. The SMILES string of the molecule is CCCCC1=CCCCC12CCCC2. The monoisotopic (exact) mass is 192 g/mol. The Morgan fingerprint density at radius 3 is 2.57 bits per heavy atom. The minimum absolute atomic E-state index is 0.702. The highest BCUT2D eigenvalue weighted by molar-refractivity contribution is 5.19. The molecule has 0 amide bonds. The van der Waals surface area contributed by atoms with Crippen LogP contribution in [0.4, 0.5) is 0 Å². The van der Waals surface area contributed by atoms with E-state index in [0.717, 1.165) is 0 Å². The van der Waals surface area contributed by atoms with Gasteiger partial charge in [0.1, 0.15) is 0 Å². The van der Waals surface area contributed by atoms with Crippen molar-refractivity contribution in [3.8, 4) is 0 Å². The van der Waals surface area contributed by atoms with Gasteiger partial charge in [-0.2, -0.15) is 0 Å². The number of rotatable bonds is 3. The number of hydrogen-bond acceptors (Lipinski definition) is 0. The van der Waals surface area contributed by atoms with Crippen LogP contribution in [0.3, 0.4) is 0 Å². The Hall–Kier alpha value is -0.260. The van der Waals surface area contributed by atoms with Gasteiger partial charge in [-0.1, -0.05) is 37.8 Å². The molecule has 0 saturated heterocycles. The summed E-state index contributed by atoms with van der Waals surface area (Å²) in [5.74, 6) is 0. The van der Waals surface area contributed by atoms with Crippen LogP contribution >= 0.6 is 0 Å². The molecule has 0 bridgehead atoms. The van der Waals surface area contributed by atoms with Crippen LogP contribution in [0, 0.1) is 5.41 Å². The maximum absolute atomic E-state index is 2.59. The topological polar surface area (TPSA) is 0 Å². The van der Waals surface area contributed by atoms with Gasteiger partial charge in [-0.05, 0) is 50.4 Å². The molecule has 0 radical (unpaired) electrons. The van der Waals surface area contributed by atoms with Gasteiger partial charge >= 0.3 is 0 Å². The average Bonchev–Trinajstić information content (AvgIpc) is 2.66. The molecule has 0 aromatic carbocycles. The lowest BCUT2D eigenvalue weighted by Crippen LogP contribution is -2.22. The third-order valence-electron chi connectivity index (χ3n) is 4.29. The fraction of sp³-hybridized carbons (Fsp3) is 0.857. The zero-order valence-electron chi connectivity index (χ0n) is 9.65. The molecule has 2 aliphatic rings. The molecule has 1 spiro atoms. The normalized spacial score (nSPS) is 25.4. The predicted molar refractivity (Wildman–Crippen MR) is 62.4 cm³/mol. The zero-order chi connectivity index (χ0) is 9.86. The summed E-state index contributed by atoms with van der Waals surface area (Å²) in [4.78, 5) is 0. The Balaban J connectivity index is 2.05. The Kier molecular flexibility index (Phi) is 3.30. The maximum Gasteiger partial charge on any atom is -0.00880 e. The first kappa shape index (κ1) is 10.3. The molecule has 14 heavy (non-hydrogen) atoms. The van der Waals surface area contributed by atoms with Gasteiger partial charge in [-0.25, -0.2) is 0 Å². The van der Waals surface area contributed by atoms with E-state index in [-0.39, 0.29) is 0 Å². The molecule has 0 unspecified atom stereocenters. The van der Waals surface area contributed by atoms with Crippen molar-refractivity contribution < 1.29 is 0 Å². The van der Waals surface area contributed by atoms with Gasteiger partial charge in [-0.3, -0.25) is 0 Å². The fourth-order valence-corrected chi connectivity index (χ4v) is 3.45. The summed E-state index contributed by atoms with van der Waals surface area (Å²) in [6.07, 6.45) is 17.1. The Labute approximate surface area is 88.8 Å². The van der Waals surface area contributed by atoms with Gasteiger partial charge < -0.3 is 0 Å². The molecule has 0 N–H and O–H groups in total. The molecular weight excluding hydrogens is 168 g/mol. The number of hydrogen-bond donors (Lipinski definition) is 0. The second-order valence-corrected chi connectivity index (χ2v) is 5.21. The van der Waals surface area contributed by atoms with E-state index >= 15 is 0 Å². The highest BCUT2D eigenvalue weighted by atomic mass is 14.4. The lowest BCUT2D eigenvalue weighted by Gasteiger charge is -2.35. The minimum atomic E-state index is 0.702. The molecule has 0 aliphatic heterocycles. The standard InChI is InChI=1S/C14H24/c1-2-3-8-13-9-4-5-10-14(13)11-6-7-12-14/h9H,2-8,10-12H2,1H3. The summed E-state index contributed by atoms with van der Waals surface area (Å²) in [5, 5.41) is 0. The van der Waals surface area contributed by atoms with E-state index in [9.17, 15) is 0 Å². The third-order valence-corrected chi connectivity index (χ3v) is 4.29. The quantitative estimate of drug-likeness (QED) is 0.561. The van der Waals surface area contributed by atoms with Crippen LogP contribution in [-0.4, -0.2) is 0 Å². The molecule has 1 saturated carbocycles. The zero-order valence-corrected chi connectivity index (χ0v) is 9.65. The van der Waals surface area contributed by atoms with Crippen molar-refractivity contribution in [2.24, 2.45) is 5.41 Å². The highest BCUT2D eigenvalue weighted by Crippen LogP contribution is 2.51. The van der Waals surface area contributed by atoms with Gasteiger partial charge in [0.15, 0.2) is 0 Å². The van der Waals surface area contributed by atoms with E-state index in [1.165, 1.54) is 64.2 Å². The summed E-state index contributed by atoms with van der Waals surface area (Å²) in [6, 6.07) is 0. The highest BCUT2D eigenvalue weighted by Gasteiger charge is 2.37. The molecule has 0 aromatic rings. The van der Waals surface area contributed by atoms with Crippen molar-refractivity contribution in [3.63, 3.8) is 0 Å². The third kappa shape index (κ3) is 1.89.